The van der Waals surface area contributed by atoms with Gasteiger partial charge in [0.05, 0.1) is 0 Å². The predicted molar refractivity (Wildman–Crippen MR) is 62.3 cm³/mol. The van der Waals surface area contributed by atoms with E-state index in [4.69, 9.17) is 0 Å². The lowest BCUT2D eigenvalue weighted by molar-refractivity contribution is 0.352. The summed E-state index contributed by atoms with van der Waals surface area (Å²) in [6, 6.07) is 0. The van der Waals surface area contributed by atoms with Crippen LogP contribution < -0.4 is 0 Å². The Labute approximate surface area is 88.1 Å². The van der Waals surface area contributed by atoms with E-state index in [2.05, 4.69) is 12.7 Å². The third kappa shape index (κ3) is 2.73. The molecule has 14 heavy (non-hydrogen) atoms. The van der Waals surface area contributed by atoms with Crippen molar-refractivity contribution in [3.63, 3.8) is 0 Å². The summed E-state index contributed by atoms with van der Waals surface area (Å²) in [5.74, 6) is 1.00. The number of hydrogen-bond acceptors (Lipinski definition) is 0. The van der Waals surface area contributed by atoms with E-state index in [0.717, 1.165) is 5.92 Å². The van der Waals surface area contributed by atoms with Gasteiger partial charge in [-0.15, -0.1) is 0 Å². The quantitative estimate of drug-likeness (QED) is 0.596. The lowest BCUT2D eigenvalue weighted by Crippen LogP contribution is -2.08. The van der Waals surface area contributed by atoms with Crippen molar-refractivity contribution in [2.75, 3.05) is 0 Å². The summed E-state index contributed by atoms with van der Waals surface area (Å²) in [6.45, 7) is 4.08. The van der Waals surface area contributed by atoms with Gasteiger partial charge in [0.2, 0.25) is 0 Å². The number of allylic oxidation sites excluding steroid dienone is 3. The molecule has 2 aliphatic rings. The Kier molecular flexibility index (Phi) is 3.44. The topological polar surface area (TPSA) is 0 Å². The highest BCUT2D eigenvalue weighted by Crippen LogP contribution is 2.32. The van der Waals surface area contributed by atoms with Gasteiger partial charge in [-0.05, 0) is 31.6 Å². The fraction of sp³-hybridized carbons (Fsp3) is 0.714. The first-order chi connectivity index (χ1) is 6.84. The zero-order valence-corrected chi connectivity index (χ0v) is 9.23. The lowest BCUT2D eigenvalue weighted by Gasteiger charge is -2.24. The van der Waals surface area contributed by atoms with Crippen LogP contribution in [0, 0.1) is 5.92 Å². The number of rotatable bonds is 2. The molecule has 0 unspecified atom stereocenters. The van der Waals surface area contributed by atoms with E-state index in [1.165, 1.54) is 63.4 Å². The van der Waals surface area contributed by atoms with Crippen LogP contribution in [0.4, 0.5) is 0 Å². The summed E-state index contributed by atoms with van der Waals surface area (Å²) in [5, 5.41) is 0. The van der Waals surface area contributed by atoms with Gasteiger partial charge in [0, 0.05) is 0 Å². The molecule has 0 aromatic carbocycles. The van der Waals surface area contributed by atoms with Crippen LogP contribution in [0.2, 0.25) is 0 Å². The summed E-state index contributed by atoms with van der Waals surface area (Å²) < 4.78 is 0. The van der Waals surface area contributed by atoms with E-state index in [9.17, 15) is 0 Å². The predicted octanol–water partition coefficient (Wildman–Crippen LogP) is 4.62. The first-order valence-corrected chi connectivity index (χ1v) is 6.22. The first-order valence-electron chi connectivity index (χ1n) is 6.22. The summed E-state index contributed by atoms with van der Waals surface area (Å²) in [5.41, 5.74) is 3.05. The van der Waals surface area contributed by atoms with Crippen LogP contribution in [0.15, 0.2) is 23.8 Å². The smallest absolute Gasteiger partial charge is 0.0282 e. The van der Waals surface area contributed by atoms with E-state index >= 15 is 0 Å². The summed E-state index contributed by atoms with van der Waals surface area (Å²) in [4.78, 5) is 0. The molecular formula is C14H22. The fourth-order valence-electron chi connectivity index (χ4n) is 2.90. The van der Waals surface area contributed by atoms with Crippen LogP contribution in [-0.2, 0) is 0 Å². The third-order valence-corrected chi connectivity index (χ3v) is 3.68. The Balaban J connectivity index is 1.86. The Hall–Kier alpha value is -0.520. The molecule has 0 heterocycles. The maximum absolute atomic E-state index is 4.08. The molecule has 0 N–H and O–H groups in total. The SMILES string of the molecule is C=C1C=C(CC2CCCCC2)CCC1. The van der Waals surface area contributed by atoms with Gasteiger partial charge in [-0.25, -0.2) is 0 Å². The molecule has 0 bridgehead atoms. The molecule has 0 nitrogen and oxygen atoms in total. The molecule has 2 aliphatic carbocycles. The van der Waals surface area contributed by atoms with E-state index in [1.54, 1.807) is 5.57 Å². The third-order valence-electron chi connectivity index (χ3n) is 3.68. The molecular weight excluding hydrogens is 168 g/mol. The van der Waals surface area contributed by atoms with Crippen molar-refractivity contribution in [2.24, 2.45) is 5.92 Å². The zero-order chi connectivity index (χ0) is 9.80. The van der Waals surface area contributed by atoms with Crippen LogP contribution in [0.25, 0.3) is 0 Å². The van der Waals surface area contributed by atoms with Crippen LogP contribution in [0.3, 0.4) is 0 Å². The molecule has 0 aromatic rings. The normalized spacial score (nSPS) is 24.9. The Morgan fingerprint density at radius 2 is 1.86 bits per heavy atom. The van der Waals surface area contributed by atoms with Gasteiger partial charge in [-0.1, -0.05) is 55.9 Å². The Morgan fingerprint density at radius 1 is 1.07 bits per heavy atom. The minimum absolute atomic E-state index is 1.00. The van der Waals surface area contributed by atoms with Crippen LogP contribution in [0.1, 0.15) is 57.8 Å². The zero-order valence-electron chi connectivity index (χ0n) is 9.23. The van der Waals surface area contributed by atoms with Gasteiger partial charge in [0.15, 0.2) is 0 Å². The molecule has 0 amide bonds. The van der Waals surface area contributed by atoms with E-state index in [1.807, 2.05) is 0 Å². The van der Waals surface area contributed by atoms with Gasteiger partial charge < -0.3 is 0 Å². The van der Waals surface area contributed by atoms with Crippen molar-refractivity contribution >= 4 is 0 Å². The highest BCUT2D eigenvalue weighted by molar-refractivity contribution is 5.24. The molecule has 1 fully saturated rings. The van der Waals surface area contributed by atoms with E-state index in [-0.39, 0.29) is 0 Å². The van der Waals surface area contributed by atoms with Crippen molar-refractivity contribution < 1.29 is 0 Å². The molecule has 0 saturated heterocycles. The second kappa shape index (κ2) is 4.82. The van der Waals surface area contributed by atoms with Crippen LogP contribution in [-0.4, -0.2) is 0 Å². The molecule has 0 aromatic heterocycles. The van der Waals surface area contributed by atoms with Gasteiger partial charge in [0.25, 0.3) is 0 Å². The largest absolute Gasteiger partial charge is 0.0958 e. The van der Waals surface area contributed by atoms with Gasteiger partial charge >= 0.3 is 0 Å². The summed E-state index contributed by atoms with van der Waals surface area (Å²) in [7, 11) is 0. The van der Waals surface area contributed by atoms with Crippen molar-refractivity contribution in [3.8, 4) is 0 Å². The molecule has 0 spiro atoms. The molecule has 2 rings (SSSR count). The fourth-order valence-corrected chi connectivity index (χ4v) is 2.90. The second-order valence-electron chi connectivity index (χ2n) is 5.02. The Bertz CT molecular complexity index is 228. The van der Waals surface area contributed by atoms with Crippen molar-refractivity contribution in [1.29, 1.82) is 0 Å². The highest BCUT2D eigenvalue weighted by atomic mass is 14.2. The summed E-state index contributed by atoms with van der Waals surface area (Å²) >= 11 is 0. The van der Waals surface area contributed by atoms with Crippen molar-refractivity contribution in [3.05, 3.63) is 23.8 Å². The maximum atomic E-state index is 4.08. The van der Waals surface area contributed by atoms with Crippen LogP contribution in [0.5, 0.6) is 0 Å². The number of hydrogen-bond donors (Lipinski definition) is 0. The molecule has 78 valence electrons. The summed E-state index contributed by atoms with van der Waals surface area (Å²) in [6.07, 6.45) is 15.0. The van der Waals surface area contributed by atoms with Crippen LogP contribution >= 0.6 is 0 Å². The molecule has 0 atom stereocenters. The monoisotopic (exact) mass is 190 g/mol. The first kappa shape index (κ1) is 10.0. The minimum atomic E-state index is 1.00. The van der Waals surface area contributed by atoms with Gasteiger partial charge in [-0.3, -0.25) is 0 Å². The van der Waals surface area contributed by atoms with Crippen molar-refractivity contribution in [1.82, 2.24) is 0 Å². The minimum Gasteiger partial charge on any atom is -0.0958 e. The van der Waals surface area contributed by atoms with Gasteiger partial charge in [0.1, 0.15) is 0 Å². The molecule has 1 saturated carbocycles. The van der Waals surface area contributed by atoms with Gasteiger partial charge in [-0.2, -0.15) is 0 Å². The average Bonchev–Trinajstić information content (AvgIpc) is 2.19. The second-order valence-corrected chi connectivity index (χ2v) is 5.02. The molecule has 0 aliphatic heterocycles. The maximum Gasteiger partial charge on any atom is -0.0282 e. The Morgan fingerprint density at radius 3 is 2.57 bits per heavy atom. The van der Waals surface area contributed by atoms with Crippen molar-refractivity contribution in [2.45, 2.75) is 57.8 Å². The highest BCUT2D eigenvalue weighted by Gasteiger charge is 2.16. The lowest BCUT2D eigenvalue weighted by atomic mass is 9.82. The molecule has 0 radical (unpaired) electrons. The molecule has 0 heteroatoms. The standard InChI is InChI=1S/C14H22/c1-12-6-5-9-14(10-12)11-13-7-3-2-4-8-13/h10,13H,1-9,11H2. The average molecular weight is 190 g/mol. The van der Waals surface area contributed by atoms with E-state index in [0.29, 0.717) is 0 Å². The van der Waals surface area contributed by atoms with E-state index < -0.39 is 0 Å².